The van der Waals surface area contributed by atoms with E-state index in [0.717, 1.165) is 24.2 Å². The Kier molecular flexibility index (Phi) is 4.62. The van der Waals surface area contributed by atoms with Gasteiger partial charge in [-0.3, -0.25) is 4.79 Å². The van der Waals surface area contributed by atoms with Gasteiger partial charge < -0.3 is 9.47 Å². The van der Waals surface area contributed by atoms with Crippen LogP contribution in [-0.2, 0) is 28.4 Å². The van der Waals surface area contributed by atoms with E-state index in [-0.39, 0.29) is 22.6 Å². The molecular weight excluding hydrogens is 352 g/mol. The molecule has 1 aromatic carbocycles. The number of benzene rings is 1. The summed E-state index contributed by atoms with van der Waals surface area (Å²) in [6.07, 6.45) is 2.79. The number of sulfonamides is 1. The summed E-state index contributed by atoms with van der Waals surface area (Å²) in [7, 11) is -2.16. The van der Waals surface area contributed by atoms with Crippen molar-refractivity contribution in [3.8, 4) is 0 Å². The highest BCUT2D eigenvalue weighted by atomic mass is 35.5. The normalized spacial score (nSPS) is 15.2. The third-order valence-corrected chi connectivity index (χ3v) is 5.77. The van der Waals surface area contributed by atoms with Gasteiger partial charge in [-0.05, 0) is 24.1 Å². The first-order valence-electron chi connectivity index (χ1n) is 7.44. The minimum Gasteiger partial charge on any atom is -0.324 e. The van der Waals surface area contributed by atoms with Gasteiger partial charge in [0, 0.05) is 32.2 Å². The second-order valence-electron chi connectivity index (χ2n) is 5.59. The van der Waals surface area contributed by atoms with E-state index in [0.29, 0.717) is 6.42 Å². The Bertz CT molecular complexity index is 861. The Hall–Kier alpha value is -1.90. The molecule has 3 rings (SSSR count). The van der Waals surface area contributed by atoms with Gasteiger partial charge in [-0.15, -0.1) is 0 Å². The van der Waals surface area contributed by atoms with Crippen LogP contribution < -0.4 is 9.62 Å². The van der Waals surface area contributed by atoms with Crippen LogP contribution in [0.4, 0.5) is 5.69 Å². The number of imidazole rings is 1. The van der Waals surface area contributed by atoms with Crippen LogP contribution in [0.3, 0.4) is 0 Å². The number of carbonyl (C=O) groups is 1. The molecule has 1 N–H and O–H groups in total. The second kappa shape index (κ2) is 6.54. The number of aryl methyl sites for hydroxylation is 1. The Morgan fingerprint density at radius 2 is 2.00 bits per heavy atom. The van der Waals surface area contributed by atoms with Gasteiger partial charge in [0.15, 0.2) is 0 Å². The summed E-state index contributed by atoms with van der Waals surface area (Å²) in [6.45, 7) is 0.840. The minimum absolute atomic E-state index is 0.0605. The van der Waals surface area contributed by atoms with Crippen LogP contribution in [-0.4, -0.2) is 30.4 Å². The molecule has 0 bridgehead atoms. The average Bonchev–Trinajstić information content (AvgIpc) is 3.13. The van der Waals surface area contributed by atoms with Crippen molar-refractivity contribution >= 4 is 33.2 Å². The van der Waals surface area contributed by atoms with E-state index >= 15 is 0 Å². The molecule has 0 atom stereocenters. The minimum atomic E-state index is -3.78. The number of anilines is 1. The molecule has 1 aromatic heterocycles. The van der Waals surface area contributed by atoms with Gasteiger partial charge in [0.2, 0.25) is 10.9 Å². The molecule has 0 unspecified atom stereocenters. The van der Waals surface area contributed by atoms with E-state index in [2.05, 4.69) is 9.71 Å². The van der Waals surface area contributed by atoms with E-state index in [1.54, 1.807) is 24.1 Å². The second-order valence-corrected chi connectivity index (χ2v) is 7.63. The van der Waals surface area contributed by atoms with Gasteiger partial charge in [-0.1, -0.05) is 23.7 Å². The summed E-state index contributed by atoms with van der Waals surface area (Å²) in [5, 5.41) is -0.128. The number of nitrogens with one attached hydrogen (secondary N) is 1. The fourth-order valence-corrected chi connectivity index (χ4v) is 3.98. The topological polar surface area (TPSA) is 84.3 Å². The maximum Gasteiger partial charge on any atom is 0.261 e. The lowest BCUT2D eigenvalue weighted by Crippen LogP contribution is -2.25. The summed E-state index contributed by atoms with van der Waals surface area (Å²) in [4.78, 5) is 17.3. The SMILES string of the molecule is Cn1cnc(S(=O)(=O)NCc2ccc(N3CCCC3=O)cc2)c1Cl. The summed E-state index contributed by atoms with van der Waals surface area (Å²) in [6, 6.07) is 7.23. The van der Waals surface area contributed by atoms with Gasteiger partial charge in [-0.2, -0.15) is 0 Å². The largest absolute Gasteiger partial charge is 0.324 e. The Balaban J connectivity index is 1.68. The number of hydrogen-bond acceptors (Lipinski definition) is 4. The molecule has 7 nitrogen and oxygen atoms in total. The molecular formula is C15H17ClN4O3S. The summed E-state index contributed by atoms with van der Waals surface area (Å²) in [5.74, 6) is 0.119. The van der Waals surface area contributed by atoms with Crippen molar-refractivity contribution in [3.05, 3.63) is 41.3 Å². The van der Waals surface area contributed by atoms with Gasteiger partial charge in [0.25, 0.3) is 10.0 Å². The van der Waals surface area contributed by atoms with Crippen LogP contribution in [0.1, 0.15) is 18.4 Å². The fraction of sp³-hybridized carbons (Fsp3) is 0.333. The quantitative estimate of drug-likeness (QED) is 0.870. The molecule has 1 aliphatic heterocycles. The highest BCUT2D eigenvalue weighted by Gasteiger charge is 2.23. The number of aromatic nitrogens is 2. The first-order valence-corrected chi connectivity index (χ1v) is 9.30. The third kappa shape index (κ3) is 3.31. The zero-order chi connectivity index (χ0) is 17.3. The average molecular weight is 369 g/mol. The maximum absolute atomic E-state index is 12.2. The highest BCUT2D eigenvalue weighted by Crippen LogP contribution is 2.22. The smallest absolute Gasteiger partial charge is 0.261 e. The number of carbonyl (C=O) groups excluding carboxylic acids is 1. The Morgan fingerprint density at radius 3 is 2.54 bits per heavy atom. The van der Waals surface area contributed by atoms with Crippen molar-refractivity contribution in [1.29, 1.82) is 0 Å². The summed E-state index contributed by atoms with van der Waals surface area (Å²) in [5.41, 5.74) is 1.61. The number of rotatable bonds is 5. The van der Waals surface area contributed by atoms with Crippen molar-refractivity contribution < 1.29 is 13.2 Å². The molecule has 128 valence electrons. The molecule has 9 heteroatoms. The molecule has 0 radical (unpaired) electrons. The fourth-order valence-electron chi connectivity index (χ4n) is 2.54. The highest BCUT2D eigenvalue weighted by molar-refractivity contribution is 7.89. The van der Waals surface area contributed by atoms with Crippen LogP contribution >= 0.6 is 11.6 Å². The molecule has 0 saturated carbocycles. The first-order chi connectivity index (χ1) is 11.4. The predicted molar refractivity (Wildman–Crippen MR) is 90.3 cm³/mol. The number of nitrogens with zero attached hydrogens (tertiary/aromatic N) is 3. The third-order valence-electron chi connectivity index (χ3n) is 3.88. The van der Waals surface area contributed by atoms with Gasteiger partial charge in [0.1, 0.15) is 5.15 Å². The molecule has 24 heavy (non-hydrogen) atoms. The zero-order valence-corrected chi connectivity index (χ0v) is 14.6. The van der Waals surface area contributed by atoms with Crippen molar-refractivity contribution in [3.63, 3.8) is 0 Å². The van der Waals surface area contributed by atoms with Crippen LogP contribution in [0.15, 0.2) is 35.6 Å². The zero-order valence-electron chi connectivity index (χ0n) is 13.1. The van der Waals surface area contributed by atoms with E-state index in [4.69, 9.17) is 11.6 Å². The molecule has 1 amide bonds. The lowest BCUT2D eigenvalue weighted by atomic mass is 10.2. The number of amides is 1. The van der Waals surface area contributed by atoms with Gasteiger partial charge in [-0.25, -0.2) is 18.1 Å². The van der Waals surface area contributed by atoms with E-state index < -0.39 is 10.0 Å². The van der Waals surface area contributed by atoms with E-state index in [9.17, 15) is 13.2 Å². The molecule has 1 saturated heterocycles. The van der Waals surface area contributed by atoms with Gasteiger partial charge >= 0.3 is 0 Å². The van der Waals surface area contributed by atoms with Crippen molar-refractivity contribution in [1.82, 2.24) is 14.3 Å². The van der Waals surface area contributed by atoms with Crippen LogP contribution in [0.5, 0.6) is 0 Å². The van der Waals surface area contributed by atoms with E-state index in [1.165, 1.54) is 10.9 Å². The number of hydrogen-bond donors (Lipinski definition) is 1. The molecule has 2 heterocycles. The summed E-state index contributed by atoms with van der Waals surface area (Å²) >= 11 is 5.93. The Morgan fingerprint density at radius 1 is 1.29 bits per heavy atom. The van der Waals surface area contributed by atoms with E-state index in [1.807, 2.05) is 12.1 Å². The standard InChI is InChI=1S/C15H17ClN4O3S/c1-19-10-17-15(14(19)16)24(22,23)18-9-11-4-6-12(7-5-11)20-8-2-3-13(20)21/h4-7,10,18H,2-3,8-9H2,1H3. The molecule has 0 spiro atoms. The van der Waals surface area contributed by atoms with Crippen LogP contribution in [0.25, 0.3) is 0 Å². The molecule has 1 aliphatic rings. The monoisotopic (exact) mass is 368 g/mol. The Labute approximate surface area is 145 Å². The number of halogens is 1. The molecule has 2 aromatic rings. The first kappa shape index (κ1) is 16.9. The van der Waals surface area contributed by atoms with Crippen molar-refractivity contribution in [2.45, 2.75) is 24.4 Å². The predicted octanol–water partition coefficient (Wildman–Crippen LogP) is 1.68. The molecule has 0 aliphatic carbocycles. The maximum atomic E-state index is 12.2. The van der Waals surface area contributed by atoms with Crippen molar-refractivity contribution in [2.24, 2.45) is 7.05 Å². The molecule has 1 fully saturated rings. The van der Waals surface area contributed by atoms with Gasteiger partial charge in [0.05, 0.1) is 6.33 Å². The lowest BCUT2D eigenvalue weighted by Gasteiger charge is -2.16. The lowest BCUT2D eigenvalue weighted by molar-refractivity contribution is -0.117. The van der Waals surface area contributed by atoms with Crippen molar-refractivity contribution in [2.75, 3.05) is 11.4 Å². The summed E-state index contributed by atoms with van der Waals surface area (Å²) < 4.78 is 28.4. The van der Waals surface area contributed by atoms with Crippen LogP contribution in [0, 0.1) is 0 Å². The van der Waals surface area contributed by atoms with Crippen LogP contribution in [0.2, 0.25) is 5.15 Å².